The van der Waals surface area contributed by atoms with Crippen molar-refractivity contribution in [3.63, 3.8) is 0 Å². The van der Waals surface area contributed by atoms with E-state index in [-0.39, 0.29) is 12.5 Å². The second kappa shape index (κ2) is 6.73. The molecule has 23 heavy (non-hydrogen) atoms. The largest absolute Gasteiger partial charge is 0.416 e. The molecule has 0 aliphatic rings. The molecule has 0 saturated carbocycles. The molecular formula is C17H17F3N2O. The first kappa shape index (κ1) is 16.9. The van der Waals surface area contributed by atoms with Crippen molar-refractivity contribution < 1.29 is 18.0 Å². The molecule has 0 aliphatic heterocycles. The van der Waals surface area contributed by atoms with E-state index in [1.54, 1.807) is 0 Å². The first-order chi connectivity index (χ1) is 10.7. The molecule has 0 unspecified atom stereocenters. The van der Waals surface area contributed by atoms with Gasteiger partial charge in [-0.3, -0.25) is 4.79 Å². The number of hydrogen-bond donors (Lipinski definition) is 2. The van der Waals surface area contributed by atoms with Crippen LogP contribution >= 0.6 is 0 Å². The van der Waals surface area contributed by atoms with Crippen LogP contribution in [0.2, 0.25) is 0 Å². The molecule has 0 saturated heterocycles. The van der Waals surface area contributed by atoms with Crippen LogP contribution in [0.25, 0.3) is 0 Å². The van der Waals surface area contributed by atoms with Crippen LogP contribution in [0.1, 0.15) is 16.7 Å². The third kappa shape index (κ3) is 5.02. The minimum Gasteiger partial charge on any atom is -0.376 e. The van der Waals surface area contributed by atoms with Crippen LogP contribution in [-0.2, 0) is 11.0 Å². The van der Waals surface area contributed by atoms with Gasteiger partial charge in [-0.2, -0.15) is 13.2 Å². The van der Waals surface area contributed by atoms with Crippen LogP contribution in [0, 0.1) is 13.8 Å². The number of aryl methyl sites for hydroxylation is 2. The predicted octanol–water partition coefficient (Wildman–Crippen LogP) is 4.37. The molecule has 0 fully saturated rings. The molecule has 122 valence electrons. The van der Waals surface area contributed by atoms with Gasteiger partial charge in [-0.05, 0) is 61.4 Å². The van der Waals surface area contributed by atoms with Gasteiger partial charge in [0.15, 0.2) is 0 Å². The van der Waals surface area contributed by atoms with Gasteiger partial charge in [0, 0.05) is 11.4 Å². The van der Waals surface area contributed by atoms with Gasteiger partial charge >= 0.3 is 6.18 Å². The molecule has 0 radical (unpaired) electrons. The number of carbonyl (C=O) groups excluding carboxylic acids is 1. The number of benzene rings is 2. The Balaban J connectivity index is 1.92. The maximum Gasteiger partial charge on any atom is 0.416 e. The van der Waals surface area contributed by atoms with Crippen molar-refractivity contribution in [1.82, 2.24) is 0 Å². The van der Waals surface area contributed by atoms with E-state index in [1.807, 2.05) is 32.0 Å². The molecule has 0 atom stereocenters. The van der Waals surface area contributed by atoms with Gasteiger partial charge in [0.05, 0.1) is 12.1 Å². The number of carbonyl (C=O) groups is 1. The van der Waals surface area contributed by atoms with E-state index in [0.29, 0.717) is 5.69 Å². The zero-order chi connectivity index (χ0) is 17.0. The highest BCUT2D eigenvalue weighted by molar-refractivity contribution is 5.93. The minimum atomic E-state index is -4.38. The Kier molecular flexibility index (Phi) is 4.93. The summed E-state index contributed by atoms with van der Waals surface area (Å²) >= 11 is 0. The number of amides is 1. The molecule has 2 aromatic rings. The van der Waals surface area contributed by atoms with E-state index >= 15 is 0 Å². The lowest BCUT2D eigenvalue weighted by atomic mass is 10.1. The molecule has 2 rings (SSSR count). The van der Waals surface area contributed by atoms with Gasteiger partial charge in [-0.1, -0.05) is 6.07 Å². The third-order valence-electron chi connectivity index (χ3n) is 3.17. The molecule has 3 nitrogen and oxygen atoms in total. The molecule has 6 heteroatoms. The molecular weight excluding hydrogens is 305 g/mol. The monoisotopic (exact) mass is 322 g/mol. The van der Waals surface area contributed by atoms with Crippen molar-refractivity contribution >= 4 is 17.3 Å². The lowest BCUT2D eigenvalue weighted by Crippen LogP contribution is -2.21. The van der Waals surface area contributed by atoms with Gasteiger partial charge in [0.1, 0.15) is 0 Å². The van der Waals surface area contributed by atoms with E-state index in [4.69, 9.17) is 0 Å². The summed E-state index contributed by atoms with van der Waals surface area (Å²) in [5, 5.41) is 5.54. The van der Waals surface area contributed by atoms with Crippen LogP contribution in [0.5, 0.6) is 0 Å². The molecule has 1 amide bonds. The number of hydrogen-bond acceptors (Lipinski definition) is 2. The van der Waals surface area contributed by atoms with Crippen molar-refractivity contribution in [1.29, 1.82) is 0 Å². The molecule has 0 aliphatic carbocycles. The smallest absolute Gasteiger partial charge is 0.376 e. The number of anilines is 2. The summed E-state index contributed by atoms with van der Waals surface area (Å²) < 4.78 is 37.4. The topological polar surface area (TPSA) is 41.1 Å². The molecule has 0 heterocycles. The van der Waals surface area contributed by atoms with Crippen molar-refractivity contribution in [3.8, 4) is 0 Å². The summed E-state index contributed by atoms with van der Waals surface area (Å²) in [6, 6.07) is 10.2. The SMILES string of the molecule is Cc1cc(C)cc(NCC(=O)Nc2ccc(C(F)(F)F)cc2)c1. The summed E-state index contributed by atoms with van der Waals surface area (Å²) in [5.74, 6) is -0.330. The maximum absolute atomic E-state index is 12.5. The zero-order valence-corrected chi connectivity index (χ0v) is 12.8. The van der Waals surface area contributed by atoms with E-state index in [2.05, 4.69) is 10.6 Å². The first-order valence-electron chi connectivity index (χ1n) is 7.03. The summed E-state index contributed by atoms with van der Waals surface area (Å²) in [5.41, 5.74) is 2.56. The van der Waals surface area contributed by atoms with E-state index in [9.17, 15) is 18.0 Å². The highest BCUT2D eigenvalue weighted by Gasteiger charge is 2.29. The van der Waals surface area contributed by atoms with Gasteiger partial charge in [-0.25, -0.2) is 0 Å². The lowest BCUT2D eigenvalue weighted by molar-refractivity contribution is -0.137. The molecule has 2 N–H and O–H groups in total. The van der Waals surface area contributed by atoms with Crippen molar-refractivity contribution in [2.45, 2.75) is 20.0 Å². The van der Waals surface area contributed by atoms with Crippen LogP contribution in [0.4, 0.5) is 24.5 Å². The van der Waals surface area contributed by atoms with Crippen molar-refractivity contribution in [2.24, 2.45) is 0 Å². The van der Waals surface area contributed by atoms with E-state index in [1.165, 1.54) is 12.1 Å². The molecule has 0 spiro atoms. The average Bonchev–Trinajstić information content (AvgIpc) is 2.44. The van der Waals surface area contributed by atoms with Gasteiger partial charge < -0.3 is 10.6 Å². The summed E-state index contributed by atoms with van der Waals surface area (Å²) in [6.07, 6.45) is -4.38. The fourth-order valence-corrected chi connectivity index (χ4v) is 2.21. The Morgan fingerprint density at radius 3 is 2.04 bits per heavy atom. The lowest BCUT2D eigenvalue weighted by Gasteiger charge is -2.10. The van der Waals surface area contributed by atoms with Crippen molar-refractivity contribution in [2.75, 3.05) is 17.2 Å². The fourth-order valence-electron chi connectivity index (χ4n) is 2.21. The summed E-state index contributed by atoms with van der Waals surface area (Å²) in [7, 11) is 0. The van der Waals surface area contributed by atoms with E-state index in [0.717, 1.165) is 28.9 Å². The maximum atomic E-state index is 12.5. The van der Waals surface area contributed by atoms with Gasteiger partial charge in [0.2, 0.25) is 5.91 Å². The Morgan fingerprint density at radius 1 is 0.957 bits per heavy atom. The van der Waals surface area contributed by atoms with Crippen molar-refractivity contribution in [3.05, 3.63) is 59.2 Å². The fraction of sp³-hybridized carbons (Fsp3) is 0.235. The molecule has 0 bridgehead atoms. The highest BCUT2D eigenvalue weighted by atomic mass is 19.4. The first-order valence-corrected chi connectivity index (χ1v) is 7.03. The summed E-state index contributed by atoms with van der Waals surface area (Å²) in [6.45, 7) is 3.95. The van der Waals surface area contributed by atoms with Crippen LogP contribution in [0.15, 0.2) is 42.5 Å². The minimum absolute atomic E-state index is 0.0317. The third-order valence-corrected chi connectivity index (χ3v) is 3.17. The number of nitrogens with one attached hydrogen (secondary N) is 2. The Hall–Kier alpha value is -2.50. The van der Waals surface area contributed by atoms with Crippen LogP contribution in [-0.4, -0.2) is 12.5 Å². The summed E-state index contributed by atoms with van der Waals surface area (Å²) in [4.78, 5) is 11.8. The predicted molar refractivity (Wildman–Crippen MR) is 84.5 cm³/mol. The standard InChI is InChI=1S/C17H17F3N2O/c1-11-7-12(2)9-15(8-11)21-10-16(23)22-14-5-3-13(4-6-14)17(18,19)20/h3-9,21H,10H2,1-2H3,(H,22,23). The molecule has 2 aromatic carbocycles. The zero-order valence-electron chi connectivity index (χ0n) is 12.8. The van der Waals surface area contributed by atoms with Gasteiger partial charge in [0.25, 0.3) is 0 Å². The second-order valence-electron chi connectivity index (χ2n) is 5.35. The second-order valence-corrected chi connectivity index (χ2v) is 5.35. The molecule has 0 aromatic heterocycles. The Morgan fingerprint density at radius 2 is 1.52 bits per heavy atom. The van der Waals surface area contributed by atoms with E-state index < -0.39 is 11.7 Å². The highest BCUT2D eigenvalue weighted by Crippen LogP contribution is 2.29. The Labute approximate surface area is 132 Å². The quantitative estimate of drug-likeness (QED) is 0.877. The number of alkyl halides is 3. The van der Waals surface area contributed by atoms with Crippen LogP contribution in [0.3, 0.4) is 0 Å². The Bertz CT molecular complexity index is 674. The van der Waals surface area contributed by atoms with Gasteiger partial charge in [-0.15, -0.1) is 0 Å². The number of rotatable bonds is 4. The average molecular weight is 322 g/mol. The van der Waals surface area contributed by atoms with Crippen LogP contribution < -0.4 is 10.6 Å². The number of halogens is 3. The normalized spacial score (nSPS) is 11.2.